The van der Waals surface area contributed by atoms with Crippen LogP contribution in [0.2, 0.25) is 0 Å². The lowest BCUT2D eigenvalue weighted by Crippen LogP contribution is -2.00. The third-order valence-corrected chi connectivity index (χ3v) is 1.72. The van der Waals surface area contributed by atoms with E-state index in [1.165, 1.54) is 6.92 Å². The molecule has 12 heavy (non-hydrogen) atoms. The van der Waals surface area contributed by atoms with Gasteiger partial charge >= 0.3 is 0 Å². The molecule has 0 aliphatic rings. The Bertz CT molecular complexity index is 307. The lowest BCUT2D eigenvalue weighted by molar-refractivity contribution is 0.101. The van der Waals surface area contributed by atoms with Crippen LogP contribution in [0.5, 0.6) is 0 Å². The van der Waals surface area contributed by atoms with E-state index in [-0.39, 0.29) is 5.78 Å². The first kappa shape index (κ1) is 8.59. The summed E-state index contributed by atoms with van der Waals surface area (Å²) in [6.07, 6.45) is 0. The number of rotatable bonds is 2. The van der Waals surface area contributed by atoms with Crippen LogP contribution in [-0.4, -0.2) is 12.8 Å². The quantitative estimate of drug-likeness (QED) is 0.514. The molecule has 0 amide bonds. The van der Waals surface area contributed by atoms with E-state index in [0.29, 0.717) is 11.3 Å². The fourth-order valence-corrected chi connectivity index (χ4v) is 1.02. The predicted molar refractivity (Wildman–Crippen MR) is 50.4 cm³/mol. The fourth-order valence-electron chi connectivity index (χ4n) is 1.02. The van der Waals surface area contributed by atoms with Gasteiger partial charge in [-0.3, -0.25) is 4.79 Å². The number of anilines is 2. The molecule has 0 saturated carbocycles. The minimum Gasteiger partial charge on any atom is -0.398 e. The highest BCUT2D eigenvalue weighted by Gasteiger charge is 2.04. The summed E-state index contributed by atoms with van der Waals surface area (Å²) in [5.74, 6) is -0.00963. The summed E-state index contributed by atoms with van der Waals surface area (Å²) in [5, 5.41) is 2.94. The number of carbonyl (C=O) groups is 1. The van der Waals surface area contributed by atoms with Crippen molar-refractivity contribution >= 4 is 17.2 Å². The van der Waals surface area contributed by atoms with Crippen molar-refractivity contribution in [1.82, 2.24) is 0 Å². The Morgan fingerprint density at radius 2 is 2.17 bits per heavy atom. The zero-order valence-corrected chi connectivity index (χ0v) is 7.22. The van der Waals surface area contributed by atoms with Crippen molar-refractivity contribution in [2.45, 2.75) is 6.92 Å². The minimum atomic E-state index is -0.00963. The van der Waals surface area contributed by atoms with Crippen molar-refractivity contribution in [3.63, 3.8) is 0 Å². The van der Waals surface area contributed by atoms with E-state index in [1.807, 2.05) is 6.07 Å². The Balaban J connectivity index is 3.17. The van der Waals surface area contributed by atoms with E-state index in [4.69, 9.17) is 5.73 Å². The van der Waals surface area contributed by atoms with Gasteiger partial charge in [0.1, 0.15) is 0 Å². The maximum atomic E-state index is 11.0. The van der Waals surface area contributed by atoms with Crippen LogP contribution in [0, 0.1) is 0 Å². The minimum absolute atomic E-state index is 0.00963. The topological polar surface area (TPSA) is 55.1 Å². The highest BCUT2D eigenvalue weighted by atomic mass is 16.1. The lowest BCUT2D eigenvalue weighted by atomic mass is 10.1. The molecule has 3 heteroatoms. The maximum absolute atomic E-state index is 11.0. The van der Waals surface area contributed by atoms with E-state index >= 15 is 0 Å². The Morgan fingerprint density at radius 3 is 2.67 bits per heavy atom. The van der Waals surface area contributed by atoms with Gasteiger partial charge in [0.15, 0.2) is 5.78 Å². The fraction of sp³-hybridized carbons (Fsp3) is 0.222. The first-order valence-corrected chi connectivity index (χ1v) is 3.73. The molecule has 1 aromatic carbocycles. The summed E-state index contributed by atoms with van der Waals surface area (Å²) in [7, 11) is 1.80. The molecule has 0 aliphatic heterocycles. The molecule has 0 atom stereocenters. The van der Waals surface area contributed by atoms with E-state index in [1.54, 1.807) is 19.2 Å². The molecule has 64 valence electrons. The third kappa shape index (κ3) is 1.56. The summed E-state index contributed by atoms with van der Waals surface area (Å²) >= 11 is 0. The van der Waals surface area contributed by atoms with E-state index in [0.717, 1.165) is 5.69 Å². The van der Waals surface area contributed by atoms with Crippen molar-refractivity contribution < 1.29 is 4.79 Å². The Labute approximate surface area is 71.6 Å². The average molecular weight is 164 g/mol. The first-order valence-electron chi connectivity index (χ1n) is 3.73. The van der Waals surface area contributed by atoms with Gasteiger partial charge in [0.25, 0.3) is 0 Å². The molecule has 3 N–H and O–H groups in total. The van der Waals surface area contributed by atoms with Gasteiger partial charge in [-0.25, -0.2) is 0 Å². The molecule has 0 aromatic heterocycles. The molecule has 0 bridgehead atoms. The Hall–Kier alpha value is -1.51. The molecule has 0 unspecified atom stereocenters. The molecule has 0 spiro atoms. The number of nitrogens with one attached hydrogen (secondary N) is 1. The highest BCUT2D eigenvalue weighted by molar-refractivity contribution is 5.99. The number of ketones is 1. The highest BCUT2D eigenvalue weighted by Crippen LogP contribution is 2.17. The first-order chi connectivity index (χ1) is 5.65. The second-order valence-corrected chi connectivity index (χ2v) is 2.61. The number of hydrogen-bond donors (Lipinski definition) is 2. The number of benzene rings is 1. The molecule has 0 radical (unpaired) electrons. The number of nitrogens with two attached hydrogens (primary N) is 1. The Morgan fingerprint density at radius 1 is 1.50 bits per heavy atom. The van der Waals surface area contributed by atoms with E-state index in [9.17, 15) is 4.79 Å². The lowest BCUT2D eigenvalue weighted by Gasteiger charge is -2.04. The van der Waals surface area contributed by atoms with Crippen LogP contribution in [0.25, 0.3) is 0 Å². The average Bonchev–Trinajstić information content (AvgIpc) is 2.05. The Kier molecular flexibility index (Phi) is 2.33. The number of hydrogen-bond acceptors (Lipinski definition) is 3. The molecule has 3 nitrogen and oxygen atoms in total. The van der Waals surface area contributed by atoms with E-state index < -0.39 is 0 Å². The second-order valence-electron chi connectivity index (χ2n) is 2.61. The smallest absolute Gasteiger partial charge is 0.161 e. The molecule has 0 fully saturated rings. The van der Waals surface area contributed by atoms with Crippen LogP contribution in [-0.2, 0) is 0 Å². The van der Waals surface area contributed by atoms with Crippen LogP contribution in [0.15, 0.2) is 18.2 Å². The molecule has 1 aromatic rings. The van der Waals surface area contributed by atoms with Gasteiger partial charge in [0.2, 0.25) is 0 Å². The van der Waals surface area contributed by atoms with Crippen LogP contribution in [0.3, 0.4) is 0 Å². The van der Waals surface area contributed by atoms with Gasteiger partial charge in [0, 0.05) is 24.0 Å². The van der Waals surface area contributed by atoms with Crippen LogP contribution in [0.1, 0.15) is 17.3 Å². The van der Waals surface area contributed by atoms with Crippen LogP contribution in [0.4, 0.5) is 11.4 Å². The van der Waals surface area contributed by atoms with Crippen LogP contribution < -0.4 is 11.1 Å². The van der Waals surface area contributed by atoms with Crippen molar-refractivity contribution in [3.05, 3.63) is 23.8 Å². The molecule has 0 heterocycles. The van der Waals surface area contributed by atoms with Gasteiger partial charge in [-0.1, -0.05) is 0 Å². The second kappa shape index (κ2) is 3.26. The molecule has 0 aliphatic carbocycles. The standard InChI is InChI=1S/C9H12N2O/c1-6(12)8-5-7(11-2)3-4-9(8)10/h3-5,11H,10H2,1-2H3. The predicted octanol–water partition coefficient (Wildman–Crippen LogP) is 1.51. The van der Waals surface area contributed by atoms with Gasteiger partial charge in [-0.2, -0.15) is 0 Å². The normalized spacial score (nSPS) is 9.50. The van der Waals surface area contributed by atoms with Gasteiger partial charge < -0.3 is 11.1 Å². The zero-order chi connectivity index (χ0) is 9.14. The SMILES string of the molecule is CNc1ccc(N)c(C(C)=O)c1. The summed E-state index contributed by atoms with van der Waals surface area (Å²) in [4.78, 5) is 11.0. The molecular formula is C9H12N2O. The van der Waals surface area contributed by atoms with Crippen LogP contribution >= 0.6 is 0 Å². The van der Waals surface area contributed by atoms with Crippen molar-refractivity contribution in [3.8, 4) is 0 Å². The largest absolute Gasteiger partial charge is 0.398 e. The van der Waals surface area contributed by atoms with Crippen molar-refractivity contribution in [2.75, 3.05) is 18.1 Å². The van der Waals surface area contributed by atoms with Crippen molar-refractivity contribution in [2.24, 2.45) is 0 Å². The summed E-state index contributed by atoms with van der Waals surface area (Å²) in [6, 6.07) is 5.31. The van der Waals surface area contributed by atoms with Gasteiger partial charge in [-0.05, 0) is 25.1 Å². The molecule has 1 rings (SSSR count). The number of Topliss-reactive ketones (excluding diaryl/α,β-unsaturated/α-hetero) is 1. The zero-order valence-electron chi connectivity index (χ0n) is 7.22. The third-order valence-electron chi connectivity index (χ3n) is 1.72. The number of carbonyl (C=O) groups excluding carboxylic acids is 1. The molecule has 0 saturated heterocycles. The number of nitrogen functional groups attached to an aromatic ring is 1. The van der Waals surface area contributed by atoms with Gasteiger partial charge in [0.05, 0.1) is 0 Å². The summed E-state index contributed by atoms with van der Waals surface area (Å²) in [5.41, 5.74) is 7.59. The summed E-state index contributed by atoms with van der Waals surface area (Å²) in [6.45, 7) is 1.51. The van der Waals surface area contributed by atoms with Crippen molar-refractivity contribution in [1.29, 1.82) is 0 Å². The van der Waals surface area contributed by atoms with E-state index in [2.05, 4.69) is 5.32 Å². The van der Waals surface area contributed by atoms with Gasteiger partial charge in [-0.15, -0.1) is 0 Å². The summed E-state index contributed by atoms with van der Waals surface area (Å²) < 4.78 is 0. The monoisotopic (exact) mass is 164 g/mol. The maximum Gasteiger partial charge on any atom is 0.161 e. The molecular weight excluding hydrogens is 152 g/mol.